The molecule has 1 aliphatic rings. The van der Waals surface area contributed by atoms with E-state index in [2.05, 4.69) is 36.3 Å². The van der Waals surface area contributed by atoms with E-state index in [-0.39, 0.29) is 0 Å². The van der Waals surface area contributed by atoms with Gasteiger partial charge in [-0.05, 0) is 42.9 Å². The van der Waals surface area contributed by atoms with E-state index in [0.29, 0.717) is 0 Å². The van der Waals surface area contributed by atoms with Crippen molar-refractivity contribution in [1.29, 1.82) is 0 Å². The fourth-order valence-electron chi connectivity index (χ4n) is 3.03. The van der Waals surface area contributed by atoms with Crippen molar-refractivity contribution in [3.63, 3.8) is 0 Å². The molecular formula is C17H24N2O. The Hall–Kier alpha value is -1.51. The van der Waals surface area contributed by atoms with E-state index < -0.39 is 0 Å². The number of aromatic nitrogens is 1. The molecule has 2 aromatic rings. The van der Waals surface area contributed by atoms with Crippen LogP contribution in [0.5, 0.6) is 0 Å². The van der Waals surface area contributed by atoms with Gasteiger partial charge in [-0.25, -0.2) is 4.98 Å². The quantitative estimate of drug-likeness (QED) is 0.882. The second-order valence-corrected chi connectivity index (χ2v) is 6.15. The molecule has 1 heterocycles. The molecule has 0 aliphatic heterocycles. The molecule has 3 nitrogen and oxygen atoms in total. The lowest BCUT2D eigenvalue weighted by molar-refractivity contribution is 0.300. The minimum absolute atomic E-state index is 0.818. The Morgan fingerprint density at radius 3 is 2.80 bits per heavy atom. The van der Waals surface area contributed by atoms with Crippen LogP contribution in [0.3, 0.4) is 0 Å². The predicted octanol–water partition coefficient (Wildman–Crippen LogP) is 4.63. The molecular weight excluding hydrogens is 248 g/mol. The number of hydrogen-bond donors (Lipinski definition) is 1. The zero-order valence-corrected chi connectivity index (χ0v) is 12.5. The lowest BCUT2D eigenvalue weighted by Gasteiger charge is -2.26. The van der Waals surface area contributed by atoms with Crippen LogP contribution in [-0.2, 0) is 6.42 Å². The smallest absolute Gasteiger partial charge is 0.195 e. The maximum atomic E-state index is 5.64. The maximum absolute atomic E-state index is 5.64. The van der Waals surface area contributed by atoms with Crippen LogP contribution in [0.4, 0.5) is 5.69 Å². The number of aryl methyl sites for hydroxylation is 1. The molecule has 0 amide bonds. The topological polar surface area (TPSA) is 38.1 Å². The number of anilines is 1. The third-order valence-corrected chi connectivity index (χ3v) is 4.46. The van der Waals surface area contributed by atoms with Gasteiger partial charge in [0.2, 0.25) is 0 Å². The molecule has 1 fully saturated rings. The summed E-state index contributed by atoms with van der Waals surface area (Å²) < 4.78 is 5.64. The van der Waals surface area contributed by atoms with Crippen LogP contribution in [-0.4, -0.2) is 11.5 Å². The van der Waals surface area contributed by atoms with Gasteiger partial charge in [-0.15, -0.1) is 0 Å². The summed E-state index contributed by atoms with van der Waals surface area (Å²) >= 11 is 0. The summed E-state index contributed by atoms with van der Waals surface area (Å²) in [6.07, 6.45) is 6.33. The molecule has 108 valence electrons. The van der Waals surface area contributed by atoms with E-state index in [9.17, 15) is 0 Å². The van der Waals surface area contributed by atoms with Gasteiger partial charge >= 0.3 is 0 Å². The largest absolute Gasteiger partial charge is 0.441 e. The predicted molar refractivity (Wildman–Crippen MR) is 83.0 cm³/mol. The summed E-state index contributed by atoms with van der Waals surface area (Å²) in [7, 11) is 0. The molecule has 0 radical (unpaired) electrons. The molecule has 3 rings (SSSR count). The first-order chi connectivity index (χ1) is 9.74. The van der Waals surface area contributed by atoms with Gasteiger partial charge in [-0.2, -0.15) is 0 Å². The molecule has 20 heavy (non-hydrogen) atoms. The lowest BCUT2D eigenvalue weighted by atomic mass is 9.83. The molecule has 1 aromatic heterocycles. The first kappa shape index (κ1) is 13.5. The number of benzene rings is 1. The summed E-state index contributed by atoms with van der Waals surface area (Å²) in [5.74, 6) is 2.56. The Morgan fingerprint density at radius 2 is 2.05 bits per heavy atom. The summed E-state index contributed by atoms with van der Waals surface area (Å²) in [5, 5.41) is 3.57. The summed E-state index contributed by atoms with van der Waals surface area (Å²) in [5.41, 5.74) is 3.01. The molecule has 1 saturated carbocycles. The SMILES string of the molecule is CCc1nc2cc(NCC3CCC(C)CC3)ccc2o1. The average Bonchev–Trinajstić information content (AvgIpc) is 2.89. The number of fused-ring (bicyclic) bond motifs is 1. The van der Waals surface area contributed by atoms with Gasteiger partial charge in [0.1, 0.15) is 5.52 Å². The van der Waals surface area contributed by atoms with Crippen molar-refractivity contribution in [3.05, 3.63) is 24.1 Å². The van der Waals surface area contributed by atoms with Crippen molar-refractivity contribution in [3.8, 4) is 0 Å². The lowest BCUT2D eigenvalue weighted by Crippen LogP contribution is -2.20. The van der Waals surface area contributed by atoms with Crippen LogP contribution in [0.1, 0.15) is 45.4 Å². The second-order valence-electron chi connectivity index (χ2n) is 6.15. The van der Waals surface area contributed by atoms with Crippen LogP contribution in [0, 0.1) is 11.8 Å². The van der Waals surface area contributed by atoms with Crippen molar-refractivity contribution in [2.24, 2.45) is 11.8 Å². The fourth-order valence-corrected chi connectivity index (χ4v) is 3.03. The van der Waals surface area contributed by atoms with Crippen LogP contribution in [0.25, 0.3) is 11.1 Å². The third kappa shape index (κ3) is 2.97. The Labute approximate surface area is 120 Å². The van der Waals surface area contributed by atoms with E-state index in [1.165, 1.54) is 25.7 Å². The Kier molecular flexibility index (Phi) is 3.95. The number of rotatable bonds is 4. The first-order valence-electron chi connectivity index (χ1n) is 7.88. The molecule has 0 saturated heterocycles. The van der Waals surface area contributed by atoms with Crippen LogP contribution >= 0.6 is 0 Å². The van der Waals surface area contributed by atoms with E-state index >= 15 is 0 Å². The van der Waals surface area contributed by atoms with Gasteiger partial charge in [-0.3, -0.25) is 0 Å². The molecule has 0 bridgehead atoms. The van der Waals surface area contributed by atoms with Crippen molar-refractivity contribution in [2.45, 2.75) is 46.0 Å². The highest BCUT2D eigenvalue weighted by Crippen LogP contribution is 2.28. The normalized spacial score (nSPS) is 23.1. The van der Waals surface area contributed by atoms with Crippen molar-refractivity contribution in [1.82, 2.24) is 4.98 Å². The number of nitrogens with zero attached hydrogens (tertiary/aromatic N) is 1. The second kappa shape index (κ2) is 5.86. The molecule has 1 aromatic carbocycles. The number of oxazole rings is 1. The summed E-state index contributed by atoms with van der Waals surface area (Å²) in [6.45, 7) is 5.51. The molecule has 1 N–H and O–H groups in total. The molecule has 0 unspecified atom stereocenters. The fraction of sp³-hybridized carbons (Fsp3) is 0.588. The monoisotopic (exact) mass is 272 g/mol. The van der Waals surface area contributed by atoms with Crippen LogP contribution in [0.15, 0.2) is 22.6 Å². The summed E-state index contributed by atoms with van der Waals surface area (Å²) in [4.78, 5) is 4.49. The van der Waals surface area contributed by atoms with Gasteiger partial charge in [0.25, 0.3) is 0 Å². The Balaban J connectivity index is 1.62. The first-order valence-corrected chi connectivity index (χ1v) is 7.88. The maximum Gasteiger partial charge on any atom is 0.195 e. The minimum atomic E-state index is 0.818. The van der Waals surface area contributed by atoms with Crippen LogP contribution < -0.4 is 5.32 Å². The third-order valence-electron chi connectivity index (χ3n) is 4.46. The van der Waals surface area contributed by atoms with Gasteiger partial charge < -0.3 is 9.73 Å². The van der Waals surface area contributed by atoms with Crippen LogP contribution in [0.2, 0.25) is 0 Å². The highest BCUT2D eigenvalue weighted by Gasteiger charge is 2.17. The van der Waals surface area contributed by atoms with Crippen molar-refractivity contribution < 1.29 is 4.42 Å². The number of nitrogens with one attached hydrogen (secondary N) is 1. The summed E-state index contributed by atoms with van der Waals surface area (Å²) in [6, 6.07) is 6.22. The van der Waals surface area contributed by atoms with Gasteiger partial charge in [0, 0.05) is 18.7 Å². The zero-order valence-electron chi connectivity index (χ0n) is 12.5. The van der Waals surface area contributed by atoms with E-state index in [1.807, 2.05) is 6.07 Å². The van der Waals surface area contributed by atoms with Crippen molar-refractivity contribution >= 4 is 16.8 Å². The molecule has 3 heteroatoms. The molecule has 0 atom stereocenters. The van der Waals surface area contributed by atoms with E-state index in [0.717, 1.165) is 47.5 Å². The van der Waals surface area contributed by atoms with Gasteiger partial charge in [0.15, 0.2) is 11.5 Å². The zero-order chi connectivity index (χ0) is 13.9. The Morgan fingerprint density at radius 1 is 1.25 bits per heavy atom. The molecule has 1 aliphatic carbocycles. The highest BCUT2D eigenvalue weighted by atomic mass is 16.3. The standard InChI is InChI=1S/C17H24N2O/c1-3-17-19-15-10-14(8-9-16(15)20-17)18-11-13-6-4-12(2)5-7-13/h8-10,12-13,18H,3-7,11H2,1-2H3. The van der Waals surface area contributed by atoms with Crippen molar-refractivity contribution in [2.75, 3.05) is 11.9 Å². The highest BCUT2D eigenvalue weighted by molar-refractivity contribution is 5.77. The number of hydrogen-bond acceptors (Lipinski definition) is 3. The van der Waals surface area contributed by atoms with E-state index in [1.54, 1.807) is 0 Å². The minimum Gasteiger partial charge on any atom is -0.441 e. The van der Waals surface area contributed by atoms with Gasteiger partial charge in [-0.1, -0.05) is 26.7 Å². The molecule has 0 spiro atoms. The average molecular weight is 272 g/mol. The van der Waals surface area contributed by atoms with Gasteiger partial charge in [0.05, 0.1) is 0 Å². The Bertz CT molecular complexity index is 567. The van der Waals surface area contributed by atoms with E-state index in [4.69, 9.17) is 4.42 Å².